The van der Waals surface area contributed by atoms with Gasteiger partial charge >= 0.3 is 0 Å². The molecule has 3 nitrogen and oxygen atoms in total. The van der Waals surface area contributed by atoms with Crippen LogP contribution in [0, 0.1) is 12.7 Å². The number of rotatable bonds is 6. The second-order valence-corrected chi connectivity index (χ2v) is 3.92. The van der Waals surface area contributed by atoms with Crippen molar-refractivity contribution in [1.29, 1.82) is 0 Å². The molecule has 1 amide bonds. The predicted molar refractivity (Wildman–Crippen MR) is 66.6 cm³/mol. The van der Waals surface area contributed by atoms with E-state index < -0.39 is 0 Å². The second kappa shape index (κ2) is 7.01. The smallest absolute Gasteiger partial charge is 0.251 e. The summed E-state index contributed by atoms with van der Waals surface area (Å²) in [5, 5.41) is 6.00. The van der Waals surface area contributed by atoms with Crippen molar-refractivity contribution in [2.24, 2.45) is 0 Å². The van der Waals surface area contributed by atoms with Crippen molar-refractivity contribution in [2.45, 2.75) is 20.3 Å². The van der Waals surface area contributed by atoms with E-state index in [1.807, 2.05) is 6.92 Å². The standard InChI is InChI=1S/C13H19FN2O/c1-3-15-7-4-8-16-13(17)12-6-5-11(14)9-10(12)2/h5-6,9,15H,3-4,7-8H2,1-2H3,(H,16,17). The number of benzene rings is 1. The summed E-state index contributed by atoms with van der Waals surface area (Å²) < 4.78 is 12.9. The van der Waals surface area contributed by atoms with Crippen LogP contribution < -0.4 is 10.6 Å². The van der Waals surface area contributed by atoms with Crippen LogP contribution in [0.1, 0.15) is 29.3 Å². The highest BCUT2D eigenvalue weighted by Crippen LogP contribution is 2.09. The largest absolute Gasteiger partial charge is 0.352 e. The number of halogens is 1. The van der Waals surface area contributed by atoms with Crippen molar-refractivity contribution in [1.82, 2.24) is 10.6 Å². The van der Waals surface area contributed by atoms with Gasteiger partial charge in [-0.25, -0.2) is 4.39 Å². The normalized spacial score (nSPS) is 10.3. The SMILES string of the molecule is CCNCCCNC(=O)c1ccc(F)cc1C. The fraction of sp³-hybridized carbons (Fsp3) is 0.462. The molecular formula is C13H19FN2O. The van der Waals surface area contributed by atoms with E-state index in [0.717, 1.165) is 19.5 Å². The molecule has 17 heavy (non-hydrogen) atoms. The highest BCUT2D eigenvalue weighted by atomic mass is 19.1. The Balaban J connectivity index is 2.42. The molecule has 1 aromatic carbocycles. The molecule has 0 heterocycles. The second-order valence-electron chi connectivity index (χ2n) is 3.92. The van der Waals surface area contributed by atoms with E-state index >= 15 is 0 Å². The van der Waals surface area contributed by atoms with Crippen LogP contribution in [0.5, 0.6) is 0 Å². The molecule has 0 aliphatic rings. The minimum atomic E-state index is -0.314. The van der Waals surface area contributed by atoms with Gasteiger partial charge in [-0.1, -0.05) is 6.92 Å². The monoisotopic (exact) mass is 238 g/mol. The summed E-state index contributed by atoms with van der Waals surface area (Å²) in [7, 11) is 0. The summed E-state index contributed by atoms with van der Waals surface area (Å²) in [5.74, 6) is -0.454. The minimum absolute atomic E-state index is 0.140. The Kier molecular flexibility index (Phi) is 5.63. The molecule has 1 rings (SSSR count). The van der Waals surface area contributed by atoms with Crippen LogP contribution in [0.4, 0.5) is 4.39 Å². The minimum Gasteiger partial charge on any atom is -0.352 e. The summed E-state index contributed by atoms with van der Waals surface area (Å²) in [6, 6.07) is 4.19. The van der Waals surface area contributed by atoms with Crippen molar-refractivity contribution in [3.63, 3.8) is 0 Å². The lowest BCUT2D eigenvalue weighted by Crippen LogP contribution is -2.27. The maximum atomic E-state index is 12.9. The highest BCUT2D eigenvalue weighted by molar-refractivity contribution is 5.95. The number of hydrogen-bond acceptors (Lipinski definition) is 2. The summed E-state index contributed by atoms with van der Waals surface area (Å²) in [6.07, 6.45) is 0.889. The van der Waals surface area contributed by atoms with Crippen molar-refractivity contribution in [2.75, 3.05) is 19.6 Å². The van der Waals surface area contributed by atoms with Gasteiger partial charge in [0.25, 0.3) is 5.91 Å². The van der Waals surface area contributed by atoms with Gasteiger partial charge in [0.05, 0.1) is 0 Å². The molecule has 0 bridgehead atoms. The van der Waals surface area contributed by atoms with Crippen LogP contribution in [-0.2, 0) is 0 Å². The van der Waals surface area contributed by atoms with Crippen LogP contribution in [0.25, 0.3) is 0 Å². The van der Waals surface area contributed by atoms with E-state index in [4.69, 9.17) is 0 Å². The summed E-state index contributed by atoms with van der Waals surface area (Å²) in [6.45, 7) is 6.23. The van der Waals surface area contributed by atoms with Gasteiger partial charge in [0.15, 0.2) is 0 Å². The zero-order chi connectivity index (χ0) is 12.7. The molecule has 94 valence electrons. The average molecular weight is 238 g/mol. The molecule has 0 aliphatic heterocycles. The van der Waals surface area contributed by atoms with E-state index in [1.54, 1.807) is 6.92 Å². The molecule has 0 aliphatic carbocycles. The van der Waals surface area contributed by atoms with E-state index in [0.29, 0.717) is 17.7 Å². The third-order valence-electron chi connectivity index (χ3n) is 2.50. The van der Waals surface area contributed by atoms with Crippen LogP contribution in [0.15, 0.2) is 18.2 Å². The lowest BCUT2D eigenvalue weighted by molar-refractivity contribution is 0.0952. The van der Waals surface area contributed by atoms with Gasteiger partial charge in [-0.2, -0.15) is 0 Å². The molecule has 0 unspecified atom stereocenters. The zero-order valence-corrected chi connectivity index (χ0v) is 10.3. The first-order valence-corrected chi connectivity index (χ1v) is 5.90. The first kappa shape index (κ1) is 13.6. The molecule has 4 heteroatoms. The average Bonchev–Trinajstić information content (AvgIpc) is 2.28. The summed E-state index contributed by atoms with van der Waals surface area (Å²) in [5.41, 5.74) is 1.20. The van der Waals surface area contributed by atoms with Crippen molar-refractivity contribution < 1.29 is 9.18 Å². The maximum Gasteiger partial charge on any atom is 0.251 e. The third-order valence-corrected chi connectivity index (χ3v) is 2.50. The predicted octanol–water partition coefficient (Wildman–Crippen LogP) is 1.86. The number of amides is 1. The Morgan fingerprint density at radius 2 is 2.12 bits per heavy atom. The van der Waals surface area contributed by atoms with E-state index in [9.17, 15) is 9.18 Å². The van der Waals surface area contributed by atoms with E-state index in [-0.39, 0.29) is 11.7 Å². The topological polar surface area (TPSA) is 41.1 Å². The zero-order valence-electron chi connectivity index (χ0n) is 10.3. The van der Waals surface area contributed by atoms with Crippen molar-refractivity contribution in [3.8, 4) is 0 Å². The van der Waals surface area contributed by atoms with Crippen LogP contribution in [0.2, 0.25) is 0 Å². The quantitative estimate of drug-likeness (QED) is 0.743. The molecule has 0 saturated heterocycles. The van der Waals surface area contributed by atoms with Gasteiger partial charge in [0, 0.05) is 12.1 Å². The van der Waals surface area contributed by atoms with E-state index in [2.05, 4.69) is 10.6 Å². The molecule has 1 aromatic rings. The summed E-state index contributed by atoms with van der Waals surface area (Å²) in [4.78, 5) is 11.8. The van der Waals surface area contributed by atoms with Gasteiger partial charge in [-0.15, -0.1) is 0 Å². The van der Waals surface area contributed by atoms with Crippen molar-refractivity contribution in [3.05, 3.63) is 35.1 Å². The van der Waals surface area contributed by atoms with Crippen LogP contribution in [-0.4, -0.2) is 25.5 Å². The molecule has 2 N–H and O–H groups in total. The fourth-order valence-corrected chi connectivity index (χ4v) is 1.57. The maximum absolute atomic E-state index is 12.9. The fourth-order valence-electron chi connectivity index (χ4n) is 1.57. The third kappa shape index (κ3) is 4.53. The van der Waals surface area contributed by atoms with Gasteiger partial charge in [-0.05, 0) is 50.2 Å². The van der Waals surface area contributed by atoms with Gasteiger partial charge in [0.1, 0.15) is 5.82 Å². The Bertz CT molecular complexity index is 380. The first-order chi connectivity index (χ1) is 8.15. The van der Waals surface area contributed by atoms with E-state index in [1.165, 1.54) is 18.2 Å². The van der Waals surface area contributed by atoms with Crippen LogP contribution >= 0.6 is 0 Å². The molecule has 0 radical (unpaired) electrons. The number of hydrogen-bond donors (Lipinski definition) is 2. The Labute approximate surface area is 101 Å². The Morgan fingerprint density at radius 1 is 1.35 bits per heavy atom. The number of carbonyl (C=O) groups is 1. The first-order valence-electron chi connectivity index (χ1n) is 5.90. The van der Waals surface area contributed by atoms with Gasteiger partial charge in [0.2, 0.25) is 0 Å². The van der Waals surface area contributed by atoms with Gasteiger partial charge in [-0.3, -0.25) is 4.79 Å². The molecule has 0 saturated carbocycles. The molecule has 0 aromatic heterocycles. The molecule has 0 fully saturated rings. The lowest BCUT2D eigenvalue weighted by Gasteiger charge is -2.07. The number of nitrogens with one attached hydrogen (secondary N) is 2. The van der Waals surface area contributed by atoms with Gasteiger partial charge < -0.3 is 10.6 Å². The van der Waals surface area contributed by atoms with Crippen LogP contribution in [0.3, 0.4) is 0 Å². The number of aryl methyl sites for hydroxylation is 1. The summed E-state index contributed by atoms with van der Waals surface area (Å²) >= 11 is 0. The Morgan fingerprint density at radius 3 is 2.76 bits per heavy atom. The molecule has 0 atom stereocenters. The molecular weight excluding hydrogens is 219 g/mol. The Hall–Kier alpha value is -1.42. The highest BCUT2D eigenvalue weighted by Gasteiger charge is 2.08. The molecule has 0 spiro atoms. The number of carbonyl (C=O) groups excluding carboxylic acids is 1. The lowest BCUT2D eigenvalue weighted by atomic mass is 10.1. The van der Waals surface area contributed by atoms with Crippen molar-refractivity contribution >= 4 is 5.91 Å².